The molecular formula is C12H16N. The monoisotopic (exact) mass is 174 g/mol. The average molecular weight is 174 g/mol. The van der Waals surface area contributed by atoms with Gasteiger partial charge in [0.2, 0.25) is 0 Å². The van der Waals surface area contributed by atoms with Crippen molar-refractivity contribution in [3.8, 4) is 0 Å². The van der Waals surface area contributed by atoms with Crippen molar-refractivity contribution in [2.24, 2.45) is 0 Å². The minimum absolute atomic E-state index is 0.476. The van der Waals surface area contributed by atoms with Gasteiger partial charge in [0.1, 0.15) is 0 Å². The van der Waals surface area contributed by atoms with Crippen LogP contribution in [0.15, 0.2) is 30.3 Å². The lowest BCUT2D eigenvalue weighted by Gasteiger charge is -2.13. The maximum absolute atomic E-state index is 4.69. The number of hydrogen-bond acceptors (Lipinski definition) is 0. The van der Waals surface area contributed by atoms with Crippen molar-refractivity contribution in [2.75, 3.05) is 6.54 Å². The Morgan fingerprint density at radius 3 is 2.69 bits per heavy atom. The standard InChI is InChI=1S/C12H16N/c1-3-7-11(8-4-1)12-9-5-2-6-10-13-12/h1,3-4,7-8,12H,2,5-6,9-10H2. The highest BCUT2D eigenvalue weighted by Crippen LogP contribution is 2.23. The maximum Gasteiger partial charge on any atom is 0.0495 e. The quantitative estimate of drug-likeness (QED) is 0.621. The van der Waals surface area contributed by atoms with E-state index in [0.29, 0.717) is 6.04 Å². The summed E-state index contributed by atoms with van der Waals surface area (Å²) >= 11 is 0. The van der Waals surface area contributed by atoms with Crippen LogP contribution in [0.25, 0.3) is 0 Å². The fourth-order valence-electron chi connectivity index (χ4n) is 1.91. The molecule has 0 aliphatic carbocycles. The minimum atomic E-state index is 0.476. The van der Waals surface area contributed by atoms with Crippen molar-refractivity contribution < 1.29 is 0 Å². The number of hydrogen-bond donors (Lipinski definition) is 0. The first-order valence-electron chi connectivity index (χ1n) is 5.18. The van der Waals surface area contributed by atoms with Gasteiger partial charge in [-0.15, -0.1) is 0 Å². The zero-order chi connectivity index (χ0) is 8.93. The van der Waals surface area contributed by atoms with E-state index in [2.05, 4.69) is 30.3 Å². The maximum atomic E-state index is 4.69. The van der Waals surface area contributed by atoms with Crippen molar-refractivity contribution in [3.05, 3.63) is 35.9 Å². The van der Waals surface area contributed by atoms with Crippen LogP contribution >= 0.6 is 0 Å². The first-order valence-corrected chi connectivity index (χ1v) is 5.18. The number of benzene rings is 1. The summed E-state index contributed by atoms with van der Waals surface area (Å²) in [4.78, 5) is 0. The van der Waals surface area contributed by atoms with Crippen molar-refractivity contribution in [1.82, 2.24) is 5.32 Å². The highest BCUT2D eigenvalue weighted by atomic mass is 14.9. The zero-order valence-corrected chi connectivity index (χ0v) is 7.95. The predicted octanol–water partition coefficient (Wildman–Crippen LogP) is 2.91. The van der Waals surface area contributed by atoms with Gasteiger partial charge >= 0.3 is 0 Å². The molecule has 1 aromatic rings. The van der Waals surface area contributed by atoms with Gasteiger partial charge in [-0.1, -0.05) is 43.2 Å². The lowest BCUT2D eigenvalue weighted by Crippen LogP contribution is -2.12. The summed E-state index contributed by atoms with van der Waals surface area (Å²) in [6, 6.07) is 11.1. The van der Waals surface area contributed by atoms with Crippen LogP contribution in [0, 0.1) is 0 Å². The van der Waals surface area contributed by atoms with Crippen LogP contribution in [-0.4, -0.2) is 6.54 Å². The van der Waals surface area contributed by atoms with Gasteiger partial charge in [0.25, 0.3) is 0 Å². The topological polar surface area (TPSA) is 14.1 Å². The number of rotatable bonds is 1. The predicted molar refractivity (Wildman–Crippen MR) is 54.7 cm³/mol. The molecule has 1 aliphatic rings. The Bertz CT molecular complexity index is 235. The molecule has 69 valence electrons. The van der Waals surface area contributed by atoms with E-state index in [-0.39, 0.29) is 0 Å². The van der Waals surface area contributed by atoms with Crippen LogP contribution in [0.5, 0.6) is 0 Å². The second-order valence-electron chi connectivity index (χ2n) is 3.68. The summed E-state index contributed by atoms with van der Waals surface area (Å²) in [6.07, 6.45) is 5.21. The molecule has 0 saturated carbocycles. The van der Waals surface area contributed by atoms with E-state index in [1.165, 1.54) is 31.2 Å². The number of nitrogens with zero attached hydrogens (tertiary/aromatic N) is 1. The van der Waals surface area contributed by atoms with Crippen LogP contribution in [-0.2, 0) is 0 Å². The summed E-state index contributed by atoms with van der Waals surface area (Å²) in [5.41, 5.74) is 1.39. The molecule has 0 amide bonds. The molecule has 1 aromatic carbocycles. The molecule has 13 heavy (non-hydrogen) atoms. The van der Waals surface area contributed by atoms with Gasteiger partial charge in [-0.3, -0.25) is 0 Å². The van der Waals surface area contributed by atoms with Crippen LogP contribution in [0.4, 0.5) is 0 Å². The average Bonchev–Trinajstić information content (AvgIpc) is 2.47. The van der Waals surface area contributed by atoms with Gasteiger partial charge in [0.15, 0.2) is 0 Å². The van der Waals surface area contributed by atoms with Crippen molar-refractivity contribution in [3.63, 3.8) is 0 Å². The van der Waals surface area contributed by atoms with Gasteiger partial charge in [-0.25, -0.2) is 5.32 Å². The Hall–Kier alpha value is -0.820. The SMILES string of the molecule is c1ccc(C2CCCCC[N]2)cc1. The van der Waals surface area contributed by atoms with E-state index in [1.807, 2.05) is 0 Å². The molecule has 1 unspecified atom stereocenters. The highest BCUT2D eigenvalue weighted by molar-refractivity contribution is 5.18. The molecular weight excluding hydrogens is 158 g/mol. The molecule has 0 aromatic heterocycles. The van der Waals surface area contributed by atoms with E-state index in [4.69, 9.17) is 5.32 Å². The summed E-state index contributed by atoms with van der Waals surface area (Å²) in [7, 11) is 0. The van der Waals surface area contributed by atoms with Crippen molar-refractivity contribution in [1.29, 1.82) is 0 Å². The summed E-state index contributed by atoms with van der Waals surface area (Å²) in [5.74, 6) is 0. The minimum Gasteiger partial charge on any atom is -0.234 e. The van der Waals surface area contributed by atoms with Gasteiger partial charge in [0.05, 0.1) is 0 Å². The fraction of sp³-hybridized carbons (Fsp3) is 0.500. The summed E-state index contributed by atoms with van der Waals surface area (Å²) in [6.45, 7) is 1.06. The second kappa shape index (κ2) is 4.43. The molecule has 1 aliphatic heterocycles. The normalized spacial score (nSPS) is 23.8. The van der Waals surface area contributed by atoms with Crippen LogP contribution in [0.2, 0.25) is 0 Å². The van der Waals surface area contributed by atoms with E-state index in [1.54, 1.807) is 0 Å². The molecule has 1 heterocycles. The Kier molecular flexibility index (Phi) is 2.98. The molecule has 1 heteroatoms. The molecule has 0 spiro atoms. The van der Waals surface area contributed by atoms with Gasteiger partial charge in [-0.05, 0) is 18.4 Å². The van der Waals surface area contributed by atoms with E-state index < -0.39 is 0 Å². The first kappa shape index (κ1) is 8.76. The third-order valence-electron chi connectivity index (χ3n) is 2.67. The van der Waals surface area contributed by atoms with Gasteiger partial charge < -0.3 is 0 Å². The fourth-order valence-corrected chi connectivity index (χ4v) is 1.91. The Labute approximate surface area is 80.2 Å². The Morgan fingerprint density at radius 2 is 1.85 bits per heavy atom. The van der Waals surface area contributed by atoms with Crippen LogP contribution in [0.1, 0.15) is 37.3 Å². The van der Waals surface area contributed by atoms with Gasteiger partial charge in [-0.2, -0.15) is 0 Å². The van der Waals surface area contributed by atoms with Crippen LogP contribution < -0.4 is 5.32 Å². The van der Waals surface area contributed by atoms with Crippen LogP contribution in [0.3, 0.4) is 0 Å². The van der Waals surface area contributed by atoms with E-state index >= 15 is 0 Å². The highest BCUT2D eigenvalue weighted by Gasteiger charge is 2.13. The lowest BCUT2D eigenvalue weighted by atomic mass is 10.0. The summed E-state index contributed by atoms with van der Waals surface area (Å²) < 4.78 is 0. The second-order valence-corrected chi connectivity index (χ2v) is 3.68. The molecule has 0 bridgehead atoms. The van der Waals surface area contributed by atoms with E-state index in [9.17, 15) is 0 Å². The Morgan fingerprint density at radius 1 is 1.00 bits per heavy atom. The molecule has 1 nitrogen and oxygen atoms in total. The molecule has 2 rings (SSSR count). The molecule has 1 saturated heterocycles. The van der Waals surface area contributed by atoms with Crippen molar-refractivity contribution >= 4 is 0 Å². The largest absolute Gasteiger partial charge is 0.234 e. The third kappa shape index (κ3) is 2.31. The smallest absolute Gasteiger partial charge is 0.0495 e. The Balaban J connectivity index is 2.06. The summed E-state index contributed by atoms with van der Waals surface area (Å²) in [5, 5.41) is 4.69. The molecule has 1 radical (unpaired) electrons. The third-order valence-corrected chi connectivity index (χ3v) is 2.67. The lowest BCUT2D eigenvalue weighted by molar-refractivity contribution is 0.524. The van der Waals surface area contributed by atoms with Crippen molar-refractivity contribution in [2.45, 2.75) is 31.7 Å². The molecule has 1 atom stereocenters. The van der Waals surface area contributed by atoms with E-state index in [0.717, 1.165) is 6.54 Å². The first-order chi connectivity index (χ1) is 6.47. The molecule has 0 N–H and O–H groups in total. The molecule has 1 fully saturated rings. The zero-order valence-electron chi connectivity index (χ0n) is 7.95. The van der Waals surface area contributed by atoms with Gasteiger partial charge in [0, 0.05) is 12.6 Å².